The summed E-state index contributed by atoms with van der Waals surface area (Å²) in [6, 6.07) is 5.20. The monoisotopic (exact) mass is 412 g/mol. The highest BCUT2D eigenvalue weighted by Gasteiger charge is 2.45. The first kappa shape index (κ1) is 18.6. The van der Waals surface area contributed by atoms with Gasteiger partial charge >= 0.3 is 6.09 Å². The van der Waals surface area contributed by atoms with E-state index < -0.39 is 5.60 Å². The number of carbonyl (C=O) groups excluding carboxylic acids is 1. The van der Waals surface area contributed by atoms with Gasteiger partial charge in [0.2, 0.25) is 0 Å². The fraction of sp³-hybridized carbons (Fsp3) is 0.632. The molecule has 6 heteroatoms. The van der Waals surface area contributed by atoms with Crippen LogP contribution in [0.4, 0.5) is 9.18 Å². The molecule has 25 heavy (non-hydrogen) atoms. The number of benzene rings is 1. The highest BCUT2D eigenvalue weighted by Crippen LogP contribution is 2.41. The summed E-state index contributed by atoms with van der Waals surface area (Å²) in [5.41, 5.74) is 1.01. The van der Waals surface area contributed by atoms with Crippen molar-refractivity contribution in [2.24, 2.45) is 5.41 Å². The Morgan fingerprint density at radius 2 is 1.92 bits per heavy atom. The van der Waals surface area contributed by atoms with E-state index in [9.17, 15) is 9.18 Å². The lowest BCUT2D eigenvalue weighted by atomic mass is 9.72. The molecule has 2 fully saturated rings. The summed E-state index contributed by atoms with van der Waals surface area (Å²) in [6.07, 6.45) is 1.85. The highest BCUT2D eigenvalue weighted by atomic mass is 79.9. The molecule has 0 aromatic heterocycles. The van der Waals surface area contributed by atoms with Gasteiger partial charge in [-0.15, -0.1) is 0 Å². The molecule has 2 saturated heterocycles. The van der Waals surface area contributed by atoms with Gasteiger partial charge in [0.1, 0.15) is 11.4 Å². The zero-order valence-electron chi connectivity index (χ0n) is 15.1. The Kier molecular flexibility index (Phi) is 5.13. The van der Waals surface area contributed by atoms with E-state index in [2.05, 4.69) is 20.8 Å². The molecule has 1 amide bonds. The van der Waals surface area contributed by atoms with Gasteiger partial charge in [0.15, 0.2) is 0 Å². The first-order valence-electron chi connectivity index (χ1n) is 8.80. The molecule has 0 unspecified atom stereocenters. The lowest BCUT2D eigenvalue weighted by molar-refractivity contribution is -0.0550. The maximum Gasteiger partial charge on any atom is 0.410 e. The van der Waals surface area contributed by atoms with Gasteiger partial charge in [0.25, 0.3) is 0 Å². The summed E-state index contributed by atoms with van der Waals surface area (Å²) in [7, 11) is 0. The standard InChI is InChI=1S/C19H26BrFN2O2/c1-18(2,3)25-17(24)23-8-6-19(7-9-23)12-22(13-19)11-14-4-5-16(21)15(20)10-14/h4-5,10H,6-9,11-13H2,1-3H3. The third-order valence-electron chi connectivity index (χ3n) is 4.98. The van der Waals surface area contributed by atoms with E-state index >= 15 is 0 Å². The van der Waals surface area contributed by atoms with Gasteiger partial charge < -0.3 is 9.64 Å². The van der Waals surface area contributed by atoms with Gasteiger partial charge in [-0.2, -0.15) is 0 Å². The van der Waals surface area contributed by atoms with Crippen LogP contribution < -0.4 is 0 Å². The number of nitrogens with zero attached hydrogens (tertiary/aromatic N) is 2. The van der Waals surface area contributed by atoms with Crippen molar-refractivity contribution in [3.8, 4) is 0 Å². The van der Waals surface area contributed by atoms with Crippen LogP contribution >= 0.6 is 15.9 Å². The Hall–Kier alpha value is -1.14. The molecule has 2 heterocycles. The predicted octanol–water partition coefficient (Wildman–Crippen LogP) is 4.42. The van der Waals surface area contributed by atoms with Gasteiger partial charge in [0.05, 0.1) is 4.47 Å². The zero-order valence-corrected chi connectivity index (χ0v) is 16.7. The fourth-order valence-corrected chi connectivity index (χ4v) is 4.14. The van der Waals surface area contributed by atoms with Crippen molar-refractivity contribution >= 4 is 22.0 Å². The van der Waals surface area contributed by atoms with Crippen LogP contribution in [0.5, 0.6) is 0 Å². The van der Waals surface area contributed by atoms with Crippen molar-refractivity contribution in [3.05, 3.63) is 34.1 Å². The SMILES string of the molecule is CC(C)(C)OC(=O)N1CCC2(CC1)CN(Cc1ccc(F)c(Br)c1)C2. The topological polar surface area (TPSA) is 32.8 Å². The van der Waals surface area contributed by atoms with Crippen molar-refractivity contribution < 1.29 is 13.9 Å². The minimum atomic E-state index is -0.442. The molecule has 3 rings (SSSR count). The van der Waals surface area contributed by atoms with Crippen molar-refractivity contribution in [1.29, 1.82) is 0 Å². The Labute approximate surface area is 157 Å². The fourth-order valence-electron chi connectivity index (χ4n) is 3.72. The molecule has 0 radical (unpaired) electrons. The second kappa shape index (κ2) is 6.88. The van der Waals surface area contributed by atoms with Crippen molar-refractivity contribution in [3.63, 3.8) is 0 Å². The number of likely N-dealkylation sites (tertiary alicyclic amines) is 2. The minimum Gasteiger partial charge on any atom is -0.444 e. The average Bonchev–Trinajstić information content (AvgIpc) is 2.48. The number of rotatable bonds is 2. The van der Waals surface area contributed by atoms with Gasteiger partial charge in [-0.1, -0.05) is 6.07 Å². The Morgan fingerprint density at radius 3 is 2.48 bits per heavy atom. The first-order valence-corrected chi connectivity index (χ1v) is 9.59. The maximum atomic E-state index is 13.3. The Morgan fingerprint density at radius 1 is 1.28 bits per heavy atom. The summed E-state index contributed by atoms with van der Waals surface area (Å²) < 4.78 is 19.3. The molecule has 4 nitrogen and oxygen atoms in total. The van der Waals surface area contributed by atoms with Crippen molar-refractivity contribution in [2.45, 2.75) is 45.8 Å². The van der Waals surface area contributed by atoms with E-state index in [1.165, 1.54) is 6.07 Å². The molecule has 138 valence electrons. The second-order valence-corrected chi connectivity index (χ2v) is 9.22. The van der Waals surface area contributed by atoms with E-state index in [1.54, 1.807) is 0 Å². The number of halogens is 2. The second-order valence-electron chi connectivity index (χ2n) is 8.36. The molecule has 0 saturated carbocycles. The summed E-state index contributed by atoms with van der Waals surface area (Å²) in [5.74, 6) is -0.224. The quantitative estimate of drug-likeness (QED) is 0.720. The normalized spacial score (nSPS) is 20.4. The van der Waals surface area contributed by atoms with Crippen LogP contribution in [0.3, 0.4) is 0 Å². The summed E-state index contributed by atoms with van der Waals surface area (Å²) in [5, 5.41) is 0. The van der Waals surface area contributed by atoms with E-state index in [0.717, 1.165) is 51.1 Å². The number of ether oxygens (including phenoxy) is 1. The lowest BCUT2D eigenvalue weighted by Crippen LogP contribution is -2.60. The molecule has 0 N–H and O–H groups in total. The third-order valence-corrected chi connectivity index (χ3v) is 5.59. The molecule has 0 bridgehead atoms. The van der Waals surface area contributed by atoms with Gasteiger partial charge in [-0.3, -0.25) is 4.90 Å². The van der Waals surface area contributed by atoms with E-state index in [0.29, 0.717) is 9.89 Å². The largest absolute Gasteiger partial charge is 0.444 e. The van der Waals surface area contributed by atoms with Gasteiger partial charge in [-0.05, 0) is 72.7 Å². The van der Waals surface area contributed by atoms with Crippen molar-refractivity contribution in [1.82, 2.24) is 9.80 Å². The van der Waals surface area contributed by atoms with Crippen LogP contribution in [-0.2, 0) is 11.3 Å². The summed E-state index contributed by atoms with van der Waals surface area (Å²) in [6.45, 7) is 10.2. The third kappa shape index (κ3) is 4.53. The average molecular weight is 413 g/mol. The van der Waals surface area contributed by atoms with Crippen LogP contribution in [0.25, 0.3) is 0 Å². The molecule has 2 aliphatic rings. The molecule has 1 aromatic rings. The Balaban J connectivity index is 1.46. The predicted molar refractivity (Wildman–Crippen MR) is 98.9 cm³/mol. The number of amides is 1. The molecular formula is C19H26BrFN2O2. The van der Waals surface area contributed by atoms with Crippen LogP contribution in [0.2, 0.25) is 0 Å². The van der Waals surface area contributed by atoms with Gasteiger partial charge in [-0.25, -0.2) is 9.18 Å². The van der Waals surface area contributed by atoms with E-state index in [4.69, 9.17) is 4.74 Å². The number of carbonyl (C=O) groups is 1. The first-order chi connectivity index (χ1) is 11.7. The van der Waals surface area contributed by atoms with Crippen LogP contribution in [-0.4, -0.2) is 47.7 Å². The molecule has 2 aliphatic heterocycles. The molecule has 1 aromatic carbocycles. The number of hydrogen-bond donors (Lipinski definition) is 0. The summed E-state index contributed by atoms with van der Waals surface area (Å²) >= 11 is 3.24. The molecular weight excluding hydrogens is 387 g/mol. The van der Waals surface area contributed by atoms with E-state index in [1.807, 2.05) is 37.8 Å². The maximum absolute atomic E-state index is 13.3. The number of hydrogen-bond acceptors (Lipinski definition) is 3. The highest BCUT2D eigenvalue weighted by molar-refractivity contribution is 9.10. The van der Waals surface area contributed by atoms with Crippen LogP contribution in [0.15, 0.2) is 22.7 Å². The van der Waals surface area contributed by atoms with E-state index in [-0.39, 0.29) is 11.9 Å². The van der Waals surface area contributed by atoms with Crippen LogP contribution in [0.1, 0.15) is 39.2 Å². The van der Waals surface area contributed by atoms with Crippen molar-refractivity contribution in [2.75, 3.05) is 26.2 Å². The van der Waals surface area contributed by atoms with Crippen LogP contribution in [0, 0.1) is 11.2 Å². The Bertz CT molecular complexity index is 643. The molecule has 0 atom stereocenters. The zero-order chi connectivity index (χ0) is 18.2. The minimum absolute atomic E-state index is 0.199. The summed E-state index contributed by atoms with van der Waals surface area (Å²) in [4.78, 5) is 16.4. The molecule has 0 aliphatic carbocycles. The smallest absolute Gasteiger partial charge is 0.410 e. The lowest BCUT2D eigenvalue weighted by Gasteiger charge is -2.54. The number of piperidine rings is 1. The van der Waals surface area contributed by atoms with Gasteiger partial charge in [0, 0.05) is 32.7 Å². The molecule has 1 spiro atoms.